The molecule has 0 saturated heterocycles. The number of rotatable bonds is 12. The first-order valence-corrected chi connectivity index (χ1v) is 18.0. The van der Waals surface area contributed by atoms with Gasteiger partial charge in [-0.2, -0.15) is 0 Å². The average Bonchev–Trinajstić information content (AvgIpc) is 3.07. The number of ether oxygens (including phenoxy) is 2. The number of anilines is 1. The predicted molar refractivity (Wildman–Crippen MR) is 180 cm³/mol. The largest absolute Gasteiger partial charge is 0.486 e. The summed E-state index contributed by atoms with van der Waals surface area (Å²) in [4.78, 5) is 30.1. The van der Waals surface area contributed by atoms with Gasteiger partial charge in [-0.1, -0.05) is 78.9 Å². The van der Waals surface area contributed by atoms with Crippen LogP contribution in [0.25, 0.3) is 0 Å². The van der Waals surface area contributed by atoms with Gasteiger partial charge in [0.25, 0.3) is 0 Å². The lowest BCUT2D eigenvalue weighted by Gasteiger charge is -2.35. The van der Waals surface area contributed by atoms with Crippen molar-refractivity contribution < 1.29 is 27.5 Å². The van der Waals surface area contributed by atoms with Crippen molar-refractivity contribution in [3.05, 3.63) is 87.9 Å². The molecule has 0 aromatic heterocycles. The Morgan fingerprint density at radius 1 is 0.891 bits per heavy atom. The number of benzene rings is 3. The second kappa shape index (κ2) is 15.4. The van der Waals surface area contributed by atoms with Gasteiger partial charge in [-0.15, -0.1) is 0 Å². The van der Waals surface area contributed by atoms with Gasteiger partial charge >= 0.3 is 0 Å². The molecule has 1 aliphatic carbocycles. The number of sulfonamides is 1. The summed E-state index contributed by atoms with van der Waals surface area (Å²) in [6.07, 6.45) is 5.16. The van der Waals surface area contributed by atoms with Crippen molar-refractivity contribution in [1.82, 2.24) is 10.2 Å². The lowest BCUT2D eigenvalue weighted by atomic mass is 9.94. The summed E-state index contributed by atoms with van der Waals surface area (Å²) in [7, 11) is -3.93. The Labute approximate surface area is 280 Å². The Bertz CT molecular complexity index is 1630. The van der Waals surface area contributed by atoms with Crippen molar-refractivity contribution in [3.8, 4) is 11.5 Å². The molecule has 1 aliphatic heterocycles. The van der Waals surface area contributed by atoms with Crippen molar-refractivity contribution in [2.45, 2.75) is 64.1 Å². The van der Waals surface area contributed by atoms with Gasteiger partial charge in [0, 0.05) is 25.1 Å². The first kappa shape index (κ1) is 33.9. The van der Waals surface area contributed by atoms with Crippen LogP contribution < -0.4 is 19.1 Å². The summed E-state index contributed by atoms with van der Waals surface area (Å²) >= 11 is 12.5. The minimum Gasteiger partial charge on any atom is -0.486 e. The molecule has 1 heterocycles. The second-order valence-electron chi connectivity index (χ2n) is 11.6. The molecule has 1 N–H and O–H groups in total. The molecule has 1 atom stereocenters. The first-order chi connectivity index (χ1) is 22.1. The fraction of sp³-hybridized carbons (Fsp3) is 0.412. The number of amides is 2. The summed E-state index contributed by atoms with van der Waals surface area (Å²) in [5.41, 5.74) is 1.78. The smallest absolute Gasteiger partial charge is 0.244 e. The van der Waals surface area contributed by atoms with E-state index in [-0.39, 0.29) is 36.4 Å². The minimum atomic E-state index is -3.93. The molecule has 1 unspecified atom stereocenters. The van der Waals surface area contributed by atoms with Gasteiger partial charge in [-0.3, -0.25) is 13.9 Å². The van der Waals surface area contributed by atoms with Crippen LogP contribution in [0.5, 0.6) is 11.5 Å². The monoisotopic (exact) mass is 687 g/mol. The molecule has 3 aromatic rings. The number of carbonyl (C=O) groups excluding carboxylic acids is 2. The molecule has 46 heavy (non-hydrogen) atoms. The van der Waals surface area contributed by atoms with Crippen LogP contribution in [-0.2, 0) is 32.6 Å². The third-order valence-electron chi connectivity index (χ3n) is 8.35. The highest BCUT2D eigenvalue weighted by Crippen LogP contribution is 2.35. The van der Waals surface area contributed by atoms with E-state index in [0.717, 1.165) is 42.0 Å². The number of nitrogens with one attached hydrogen (secondary N) is 1. The lowest BCUT2D eigenvalue weighted by Crippen LogP contribution is -2.55. The molecular weight excluding hydrogens is 649 g/mol. The molecule has 0 radical (unpaired) electrons. The Morgan fingerprint density at radius 3 is 2.30 bits per heavy atom. The van der Waals surface area contributed by atoms with Crippen molar-refractivity contribution in [3.63, 3.8) is 0 Å². The fourth-order valence-corrected chi connectivity index (χ4v) is 7.21. The molecule has 3 aromatic carbocycles. The number of fused-ring (bicyclic) bond motifs is 1. The van der Waals surface area contributed by atoms with E-state index in [1.165, 1.54) is 11.8 Å². The molecule has 246 valence electrons. The van der Waals surface area contributed by atoms with Crippen LogP contribution in [0.4, 0.5) is 5.69 Å². The standard InChI is InChI=1S/C34H39Cl2N3O6S/c1-2-46(42,43)39(27-14-16-31-32(21-27)45-18-17-44-31)23-33(40)38(22-25-13-15-28(35)29(36)19-25)30(20-24-9-5-3-6-10-24)34(41)37-26-11-7-4-8-12-26/h3,5-6,9-10,13-16,19,21,26,30H,2,4,7-8,11-12,17-18,20,22-23H2,1H3,(H,37,41). The van der Waals surface area contributed by atoms with Gasteiger partial charge < -0.3 is 19.7 Å². The van der Waals surface area contributed by atoms with Crippen LogP contribution in [-0.4, -0.2) is 62.7 Å². The molecule has 1 fully saturated rings. The SMILES string of the molecule is CCS(=O)(=O)N(CC(=O)N(Cc1ccc(Cl)c(Cl)c1)C(Cc1ccccc1)C(=O)NC1CCCCC1)c1ccc2c(c1)OCCO2. The molecule has 12 heteroatoms. The molecule has 0 bridgehead atoms. The van der Waals surface area contributed by atoms with Crippen LogP contribution in [0.1, 0.15) is 50.2 Å². The maximum atomic E-state index is 14.5. The quantitative estimate of drug-likeness (QED) is 0.250. The maximum absolute atomic E-state index is 14.5. The fourth-order valence-electron chi connectivity index (χ4n) is 5.84. The van der Waals surface area contributed by atoms with Gasteiger partial charge in [0.1, 0.15) is 25.8 Å². The zero-order chi connectivity index (χ0) is 32.7. The number of nitrogens with zero attached hydrogens (tertiary/aromatic N) is 2. The topological polar surface area (TPSA) is 105 Å². The Morgan fingerprint density at radius 2 is 1.61 bits per heavy atom. The zero-order valence-electron chi connectivity index (χ0n) is 25.8. The van der Waals surface area contributed by atoms with Gasteiger partial charge in [-0.25, -0.2) is 8.42 Å². The molecule has 1 saturated carbocycles. The van der Waals surface area contributed by atoms with Crippen molar-refractivity contribution >= 4 is 50.7 Å². The second-order valence-corrected chi connectivity index (χ2v) is 14.6. The lowest BCUT2D eigenvalue weighted by molar-refractivity contribution is -0.140. The number of carbonyl (C=O) groups is 2. The van der Waals surface area contributed by atoms with Crippen LogP contribution in [0.15, 0.2) is 66.7 Å². The van der Waals surface area contributed by atoms with E-state index in [1.54, 1.807) is 36.4 Å². The predicted octanol–water partition coefficient (Wildman–Crippen LogP) is 6.01. The van der Waals surface area contributed by atoms with E-state index in [0.29, 0.717) is 40.3 Å². The highest BCUT2D eigenvalue weighted by molar-refractivity contribution is 7.92. The molecular formula is C34H39Cl2N3O6S. The number of halogens is 2. The van der Waals surface area contributed by atoms with Gasteiger partial charge in [0.05, 0.1) is 21.5 Å². The molecule has 0 spiro atoms. The summed E-state index contributed by atoms with van der Waals surface area (Å²) in [5.74, 6) is -0.171. The third-order valence-corrected chi connectivity index (χ3v) is 10.8. The Hall–Kier alpha value is -3.47. The average molecular weight is 689 g/mol. The summed E-state index contributed by atoms with van der Waals surface area (Å²) in [6, 6.07) is 18.4. The summed E-state index contributed by atoms with van der Waals surface area (Å²) in [5, 5.41) is 3.87. The zero-order valence-corrected chi connectivity index (χ0v) is 28.1. The Balaban J connectivity index is 1.53. The Kier molecular flexibility index (Phi) is 11.4. The van der Waals surface area contributed by atoms with Gasteiger partial charge in [0.15, 0.2) is 11.5 Å². The van der Waals surface area contributed by atoms with E-state index in [2.05, 4.69) is 5.32 Å². The molecule has 9 nitrogen and oxygen atoms in total. The first-order valence-electron chi connectivity index (χ1n) is 15.6. The van der Waals surface area contributed by atoms with E-state index in [4.69, 9.17) is 32.7 Å². The van der Waals surface area contributed by atoms with E-state index in [9.17, 15) is 18.0 Å². The number of hydrogen-bond donors (Lipinski definition) is 1. The highest BCUT2D eigenvalue weighted by atomic mass is 35.5. The number of hydrogen-bond acceptors (Lipinski definition) is 6. The molecule has 2 amide bonds. The molecule has 5 rings (SSSR count). The van der Waals surface area contributed by atoms with E-state index >= 15 is 0 Å². The van der Waals surface area contributed by atoms with Crippen LogP contribution in [0.2, 0.25) is 10.0 Å². The van der Waals surface area contributed by atoms with E-state index in [1.807, 2.05) is 30.3 Å². The van der Waals surface area contributed by atoms with Crippen molar-refractivity contribution in [2.75, 3.05) is 29.8 Å². The summed E-state index contributed by atoms with van der Waals surface area (Å²) < 4.78 is 39.4. The molecule has 2 aliphatic rings. The van der Waals surface area contributed by atoms with Crippen LogP contribution in [0, 0.1) is 0 Å². The van der Waals surface area contributed by atoms with E-state index < -0.39 is 28.5 Å². The summed E-state index contributed by atoms with van der Waals surface area (Å²) in [6.45, 7) is 1.71. The van der Waals surface area contributed by atoms with Crippen molar-refractivity contribution in [2.24, 2.45) is 0 Å². The highest BCUT2D eigenvalue weighted by Gasteiger charge is 2.35. The minimum absolute atomic E-state index is 0.00641. The van der Waals surface area contributed by atoms with Gasteiger partial charge in [-0.05, 0) is 55.2 Å². The normalized spacial score (nSPS) is 15.5. The maximum Gasteiger partial charge on any atom is 0.244 e. The van der Waals surface area contributed by atoms with Crippen LogP contribution >= 0.6 is 23.2 Å². The third kappa shape index (κ3) is 8.46. The van der Waals surface area contributed by atoms with Crippen LogP contribution in [0.3, 0.4) is 0 Å². The van der Waals surface area contributed by atoms with Gasteiger partial charge in [0.2, 0.25) is 21.8 Å². The van der Waals surface area contributed by atoms with Crippen molar-refractivity contribution in [1.29, 1.82) is 0 Å².